The molecule has 216 valence electrons. The molecule has 1 heterocycles. The summed E-state index contributed by atoms with van der Waals surface area (Å²) in [5, 5.41) is 14.2. The van der Waals surface area contributed by atoms with Crippen molar-refractivity contribution >= 4 is 35.3 Å². The van der Waals surface area contributed by atoms with Crippen LogP contribution in [0.15, 0.2) is 12.1 Å². The summed E-state index contributed by atoms with van der Waals surface area (Å²) >= 11 is 0. The van der Waals surface area contributed by atoms with Crippen LogP contribution in [0.1, 0.15) is 66.9 Å². The maximum atomic E-state index is 13.3. The number of amides is 2. The molecule has 1 aromatic carbocycles. The van der Waals surface area contributed by atoms with E-state index in [1.54, 1.807) is 48.5 Å². The van der Waals surface area contributed by atoms with E-state index in [4.69, 9.17) is 18.9 Å². The van der Waals surface area contributed by atoms with E-state index >= 15 is 0 Å². The van der Waals surface area contributed by atoms with Crippen molar-refractivity contribution in [2.75, 3.05) is 24.7 Å². The summed E-state index contributed by atoms with van der Waals surface area (Å²) in [6.45, 7) is 11.6. The third-order valence-electron chi connectivity index (χ3n) is 5.25. The minimum absolute atomic E-state index is 0.0697. The average molecular weight is 552 g/mol. The largest absolute Gasteiger partial charge is 0.482 e. The molecule has 1 aromatic rings. The highest BCUT2D eigenvalue weighted by atomic mass is 16.6. The first-order valence-electron chi connectivity index (χ1n) is 12.6. The molecule has 0 fully saturated rings. The van der Waals surface area contributed by atoms with Gasteiger partial charge in [-0.1, -0.05) is 0 Å². The molecule has 0 saturated carbocycles. The zero-order chi connectivity index (χ0) is 29.5. The minimum Gasteiger partial charge on any atom is -0.482 e. The van der Waals surface area contributed by atoms with Gasteiger partial charge in [-0.2, -0.15) is 0 Å². The third kappa shape index (κ3) is 9.41. The normalized spacial score (nSPS) is 13.7. The van der Waals surface area contributed by atoms with E-state index in [-0.39, 0.29) is 56.1 Å². The van der Waals surface area contributed by atoms with Crippen LogP contribution >= 0.6 is 0 Å². The number of carbonyl (C=O) groups excluding carboxylic acids is 4. The number of nitro benzene ring substituents is 1. The lowest BCUT2D eigenvalue weighted by Crippen LogP contribution is -2.46. The first-order valence-corrected chi connectivity index (χ1v) is 12.6. The first kappa shape index (κ1) is 31.3. The Kier molecular flexibility index (Phi) is 10.3. The third-order valence-corrected chi connectivity index (χ3v) is 5.25. The fourth-order valence-electron chi connectivity index (χ4n) is 3.83. The van der Waals surface area contributed by atoms with Gasteiger partial charge in [0.05, 0.1) is 11.5 Å². The van der Waals surface area contributed by atoms with E-state index < -0.39 is 46.1 Å². The number of esters is 2. The summed E-state index contributed by atoms with van der Waals surface area (Å²) in [6.07, 6.45) is -0.959. The topological polar surface area (TPSA) is 164 Å². The minimum atomic E-state index is -1.20. The van der Waals surface area contributed by atoms with Crippen LogP contribution in [0, 0.1) is 10.1 Å². The molecule has 2 amide bonds. The summed E-state index contributed by atoms with van der Waals surface area (Å²) in [5.41, 5.74) is -1.47. The SMILES string of the molecule is CCOC(=O)COc1ccc([N+](=O)[O-])c2c1CCN2C(=O)CC[C@H](NC(=O)OC(C)(C)C)C(=O)OC(C)(C)C. The zero-order valence-electron chi connectivity index (χ0n) is 23.5. The fraction of sp³-hybridized carbons (Fsp3) is 0.615. The highest BCUT2D eigenvalue weighted by molar-refractivity contribution is 5.99. The Balaban J connectivity index is 2.24. The predicted octanol–water partition coefficient (Wildman–Crippen LogP) is 3.44. The molecule has 0 aromatic heterocycles. The van der Waals surface area contributed by atoms with E-state index in [1.807, 2.05) is 0 Å². The highest BCUT2D eigenvalue weighted by Gasteiger charge is 2.36. The zero-order valence-corrected chi connectivity index (χ0v) is 23.5. The predicted molar refractivity (Wildman–Crippen MR) is 140 cm³/mol. The van der Waals surface area contributed by atoms with Crippen molar-refractivity contribution < 1.29 is 43.0 Å². The lowest BCUT2D eigenvalue weighted by molar-refractivity contribution is -0.384. The van der Waals surface area contributed by atoms with Gasteiger partial charge in [0.1, 0.15) is 28.7 Å². The van der Waals surface area contributed by atoms with E-state index in [0.29, 0.717) is 5.56 Å². The van der Waals surface area contributed by atoms with Crippen LogP contribution in [0.25, 0.3) is 0 Å². The van der Waals surface area contributed by atoms with Crippen LogP contribution in [-0.2, 0) is 35.0 Å². The number of anilines is 1. The number of benzene rings is 1. The number of alkyl carbamates (subject to hydrolysis) is 1. The van der Waals surface area contributed by atoms with E-state index in [0.717, 1.165) is 0 Å². The summed E-state index contributed by atoms with van der Waals surface area (Å²) in [5.74, 6) is -1.61. The van der Waals surface area contributed by atoms with Gasteiger partial charge in [0, 0.05) is 24.6 Å². The van der Waals surface area contributed by atoms with E-state index in [2.05, 4.69) is 5.32 Å². The summed E-state index contributed by atoms with van der Waals surface area (Å²) < 4.78 is 21.0. The second-order valence-corrected chi connectivity index (χ2v) is 10.8. The molecule has 1 aliphatic heterocycles. The lowest BCUT2D eigenvalue weighted by Gasteiger charge is -2.26. The molecule has 1 N–H and O–H groups in total. The lowest BCUT2D eigenvalue weighted by atomic mass is 10.1. The van der Waals surface area contributed by atoms with Crippen molar-refractivity contribution in [1.29, 1.82) is 0 Å². The molecular formula is C26H37N3O10. The standard InChI is InChI=1S/C26H37N3O10/c1-8-36-21(31)15-37-19-11-10-18(29(34)35)22-16(19)13-14-28(22)20(30)12-9-17(23(32)38-25(2,3)4)27-24(33)39-26(5,6)7/h10-11,17H,8-9,12-15H2,1-7H3,(H,27,33)/t17-/m0/s1. The van der Waals surface area contributed by atoms with Gasteiger partial charge < -0.3 is 29.2 Å². The van der Waals surface area contributed by atoms with Crippen LogP contribution in [-0.4, -0.2) is 65.9 Å². The summed E-state index contributed by atoms with van der Waals surface area (Å²) in [6, 6.07) is 1.39. The highest BCUT2D eigenvalue weighted by Crippen LogP contribution is 2.42. The Morgan fingerprint density at radius 1 is 1.08 bits per heavy atom. The van der Waals surface area contributed by atoms with Crippen molar-refractivity contribution in [1.82, 2.24) is 5.32 Å². The number of nitrogens with zero attached hydrogens (tertiary/aromatic N) is 2. The Bertz CT molecular complexity index is 1100. The first-order chi connectivity index (χ1) is 18.0. The van der Waals surface area contributed by atoms with Crippen molar-refractivity contribution in [3.05, 3.63) is 27.8 Å². The van der Waals surface area contributed by atoms with Crippen LogP contribution in [0.4, 0.5) is 16.2 Å². The molecule has 0 saturated heterocycles. The Morgan fingerprint density at radius 2 is 1.72 bits per heavy atom. The maximum Gasteiger partial charge on any atom is 0.408 e. The molecule has 0 aliphatic carbocycles. The van der Waals surface area contributed by atoms with Crippen molar-refractivity contribution in [3.63, 3.8) is 0 Å². The number of carbonyl (C=O) groups is 4. The van der Waals surface area contributed by atoms with Crippen molar-refractivity contribution in [2.24, 2.45) is 0 Å². The van der Waals surface area contributed by atoms with Crippen LogP contribution in [0.3, 0.4) is 0 Å². The second-order valence-electron chi connectivity index (χ2n) is 10.8. The van der Waals surface area contributed by atoms with E-state index in [1.165, 1.54) is 17.0 Å². The number of nitro groups is 1. The van der Waals surface area contributed by atoms with Gasteiger partial charge in [0.2, 0.25) is 5.91 Å². The van der Waals surface area contributed by atoms with Gasteiger partial charge in [0.15, 0.2) is 6.61 Å². The van der Waals surface area contributed by atoms with Gasteiger partial charge in [-0.15, -0.1) is 0 Å². The fourth-order valence-corrected chi connectivity index (χ4v) is 3.83. The van der Waals surface area contributed by atoms with Gasteiger partial charge in [-0.3, -0.25) is 14.9 Å². The smallest absolute Gasteiger partial charge is 0.408 e. The molecule has 39 heavy (non-hydrogen) atoms. The second kappa shape index (κ2) is 12.8. The molecule has 0 spiro atoms. The summed E-state index contributed by atoms with van der Waals surface area (Å²) in [7, 11) is 0. The molecular weight excluding hydrogens is 514 g/mol. The van der Waals surface area contributed by atoms with Crippen LogP contribution in [0.2, 0.25) is 0 Å². The molecule has 13 nitrogen and oxygen atoms in total. The molecule has 0 radical (unpaired) electrons. The summed E-state index contributed by atoms with van der Waals surface area (Å²) in [4.78, 5) is 62.5. The monoisotopic (exact) mass is 551 g/mol. The number of fused-ring (bicyclic) bond motifs is 1. The van der Waals surface area contributed by atoms with Gasteiger partial charge in [-0.05, 0) is 67.4 Å². The molecule has 2 rings (SSSR count). The molecule has 1 atom stereocenters. The molecule has 1 aliphatic rings. The molecule has 0 bridgehead atoms. The van der Waals surface area contributed by atoms with Crippen molar-refractivity contribution in [2.45, 2.75) is 85.0 Å². The Morgan fingerprint density at radius 3 is 2.28 bits per heavy atom. The Labute approximate surface area is 227 Å². The van der Waals surface area contributed by atoms with Gasteiger partial charge in [0.25, 0.3) is 5.69 Å². The Hall–Kier alpha value is -3.90. The number of ether oxygens (including phenoxy) is 4. The van der Waals surface area contributed by atoms with Crippen LogP contribution in [0.5, 0.6) is 5.75 Å². The van der Waals surface area contributed by atoms with E-state index in [9.17, 15) is 29.3 Å². The molecule has 13 heteroatoms. The number of nitrogens with one attached hydrogen (secondary N) is 1. The average Bonchev–Trinajstić information content (AvgIpc) is 3.23. The molecule has 0 unspecified atom stereocenters. The number of hydrogen-bond donors (Lipinski definition) is 1. The maximum absolute atomic E-state index is 13.3. The van der Waals surface area contributed by atoms with Gasteiger partial charge in [-0.25, -0.2) is 14.4 Å². The number of hydrogen-bond acceptors (Lipinski definition) is 10. The van der Waals surface area contributed by atoms with Crippen LogP contribution < -0.4 is 15.0 Å². The van der Waals surface area contributed by atoms with Gasteiger partial charge >= 0.3 is 18.0 Å². The van der Waals surface area contributed by atoms with Crippen molar-refractivity contribution in [3.8, 4) is 5.75 Å². The quantitative estimate of drug-likeness (QED) is 0.197. The number of rotatable bonds is 10.